The Kier molecular flexibility index (Phi) is 4.55. The Balaban J connectivity index is 1.86. The van der Waals surface area contributed by atoms with E-state index in [0.29, 0.717) is 19.4 Å². The molecule has 2 atom stereocenters. The number of ether oxygens (including phenoxy) is 1. The molecule has 1 aliphatic heterocycles. The summed E-state index contributed by atoms with van der Waals surface area (Å²) in [6.45, 7) is 0.387. The van der Waals surface area contributed by atoms with Crippen LogP contribution >= 0.6 is 15.9 Å². The molecule has 1 heterocycles. The Morgan fingerprint density at radius 1 is 1.32 bits per heavy atom. The summed E-state index contributed by atoms with van der Waals surface area (Å²) < 4.78 is 6.10. The lowest BCUT2D eigenvalue weighted by Crippen LogP contribution is -2.35. The van der Waals surface area contributed by atoms with Gasteiger partial charge in [-0.1, -0.05) is 34.1 Å². The number of carboxylic acids is 1. The SMILES string of the molecule is O=C(NCc1ccccc1Br)[C@@H]1CC[C@H](C(=O)O)O1. The number of rotatable bonds is 4. The summed E-state index contributed by atoms with van der Waals surface area (Å²) in [6.07, 6.45) is -0.705. The second-order valence-corrected chi connectivity index (χ2v) is 5.19. The van der Waals surface area contributed by atoms with E-state index in [2.05, 4.69) is 21.2 Å². The van der Waals surface area contributed by atoms with Crippen LogP contribution in [-0.4, -0.2) is 29.2 Å². The minimum absolute atomic E-state index is 0.264. The molecule has 102 valence electrons. The van der Waals surface area contributed by atoms with Gasteiger partial charge in [0.25, 0.3) is 0 Å². The minimum Gasteiger partial charge on any atom is -0.479 e. The number of carbonyl (C=O) groups excluding carboxylic acids is 1. The summed E-state index contributed by atoms with van der Waals surface area (Å²) in [5, 5.41) is 11.5. The Morgan fingerprint density at radius 3 is 2.63 bits per heavy atom. The van der Waals surface area contributed by atoms with Crippen LogP contribution in [0.4, 0.5) is 0 Å². The number of carboxylic acid groups (broad SMARTS) is 1. The summed E-state index contributed by atoms with van der Waals surface area (Å²) in [5.41, 5.74) is 0.962. The van der Waals surface area contributed by atoms with Crippen LogP contribution in [-0.2, 0) is 20.9 Å². The van der Waals surface area contributed by atoms with E-state index in [9.17, 15) is 9.59 Å². The van der Waals surface area contributed by atoms with Gasteiger partial charge < -0.3 is 15.2 Å². The third-order valence-corrected chi connectivity index (χ3v) is 3.77. The zero-order valence-electron chi connectivity index (χ0n) is 10.1. The highest BCUT2D eigenvalue weighted by Gasteiger charge is 2.34. The van der Waals surface area contributed by atoms with Gasteiger partial charge in [0.2, 0.25) is 5.91 Å². The number of carbonyl (C=O) groups is 2. The highest BCUT2D eigenvalue weighted by Crippen LogP contribution is 2.20. The molecular formula is C13H14BrNO4. The maximum atomic E-state index is 11.9. The number of hydrogen-bond donors (Lipinski definition) is 2. The maximum Gasteiger partial charge on any atom is 0.332 e. The molecule has 2 N–H and O–H groups in total. The van der Waals surface area contributed by atoms with E-state index >= 15 is 0 Å². The van der Waals surface area contributed by atoms with Gasteiger partial charge in [-0.3, -0.25) is 4.79 Å². The zero-order chi connectivity index (χ0) is 13.8. The quantitative estimate of drug-likeness (QED) is 0.882. The second kappa shape index (κ2) is 6.16. The Labute approximate surface area is 119 Å². The predicted molar refractivity (Wildman–Crippen MR) is 71.5 cm³/mol. The van der Waals surface area contributed by atoms with Gasteiger partial charge in [-0.05, 0) is 24.5 Å². The van der Waals surface area contributed by atoms with Gasteiger partial charge in [0, 0.05) is 11.0 Å². The number of amides is 1. The van der Waals surface area contributed by atoms with Crippen LogP contribution in [0.15, 0.2) is 28.7 Å². The monoisotopic (exact) mass is 327 g/mol. The van der Waals surface area contributed by atoms with Gasteiger partial charge in [0.1, 0.15) is 6.10 Å². The van der Waals surface area contributed by atoms with E-state index in [1.165, 1.54) is 0 Å². The lowest BCUT2D eigenvalue weighted by Gasteiger charge is -2.12. The predicted octanol–water partition coefficient (Wildman–Crippen LogP) is 1.70. The highest BCUT2D eigenvalue weighted by molar-refractivity contribution is 9.10. The first-order valence-electron chi connectivity index (χ1n) is 5.97. The molecule has 0 spiro atoms. The number of aliphatic carboxylic acids is 1. The van der Waals surface area contributed by atoms with Crippen molar-refractivity contribution in [3.63, 3.8) is 0 Å². The van der Waals surface area contributed by atoms with Gasteiger partial charge in [-0.15, -0.1) is 0 Å². The van der Waals surface area contributed by atoms with Crippen molar-refractivity contribution in [2.75, 3.05) is 0 Å². The van der Waals surface area contributed by atoms with Crippen LogP contribution in [0.25, 0.3) is 0 Å². The van der Waals surface area contributed by atoms with Crippen molar-refractivity contribution in [2.45, 2.75) is 31.6 Å². The Morgan fingerprint density at radius 2 is 2.00 bits per heavy atom. The average Bonchev–Trinajstić information content (AvgIpc) is 2.87. The first-order chi connectivity index (χ1) is 9.08. The molecule has 19 heavy (non-hydrogen) atoms. The molecule has 1 saturated heterocycles. The van der Waals surface area contributed by atoms with Crippen molar-refractivity contribution in [3.8, 4) is 0 Å². The van der Waals surface area contributed by atoms with Crippen LogP contribution in [0, 0.1) is 0 Å². The van der Waals surface area contributed by atoms with Crippen molar-refractivity contribution in [1.82, 2.24) is 5.32 Å². The van der Waals surface area contributed by atoms with Crippen LogP contribution in [0.2, 0.25) is 0 Å². The van der Waals surface area contributed by atoms with Crippen molar-refractivity contribution in [2.24, 2.45) is 0 Å². The second-order valence-electron chi connectivity index (χ2n) is 4.34. The number of nitrogens with one attached hydrogen (secondary N) is 1. The average molecular weight is 328 g/mol. The lowest BCUT2D eigenvalue weighted by molar-refractivity contribution is -0.151. The molecule has 5 nitrogen and oxygen atoms in total. The van der Waals surface area contributed by atoms with E-state index in [0.717, 1.165) is 10.0 Å². The van der Waals surface area contributed by atoms with Crippen molar-refractivity contribution in [3.05, 3.63) is 34.3 Å². The molecule has 0 radical (unpaired) electrons. The molecule has 1 aliphatic rings. The summed E-state index contributed by atoms with van der Waals surface area (Å²) in [6, 6.07) is 7.58. The number of hydrogen-bond acceptors (Lipinski definition) is 3. The summed E-state index contributed by atoms with van der Waals surface area (Å²) in [5.74, 6) is -1.28. The molecular weight excluding hydrogens is 314 g/mol. The van der Waals surface area contributed by atoms with Crippen molar-refractivity contribution in [1.29, 1.82) is 0 Å². The minimum atomic E-state index is -1.01. The molecule has 1 aromatic rings. The molecule has 1 fully saturated rings. The molecule has 1 aromatic carbocycles. The fourth-order valence-corrected chi connectivity index (χ4v) is 2.37. The summed E-state index contributed by atoms with van der Waals surface area (Å²) in [7, 11) is 0. The largest absolute Gasteiger partial charge is 0.479 e. The molecule has 6 heteroatoms. The van der Waals surface area contributed by atoms with Crippen molar-refractivity contribution < 1.29 is 19.4 Å². The third kappa shape index (κ3) is 3.54. The molecule has 0 aliphatic carbocycles. The topological polar surface area (TPSA) is 75.6 Å². The Hall–Kier alpha value is -1.40. The fourth-order valence-electron chi connectivity index (χ4n) is 1.95. The van der Waals surface area contributed by atoms with E-state index in [4.69, 9.17) is 9.84 Å². The first-order valence-corrected chi connectivity index (χ1v) is 6.76. The summed E-state index contributed by atoms with van der Waals surface area (Å²) in [4.78, 5) is 22.6. The molecule has 0 unspecified atom stereocenters. The lowest BCUT2D eigenvalue weighted by atomic mass is 10.2. The normalized spacial score (nSPS) is 22.2. The summed E-state index contributed by atoms with van der Waals surface area (Å²) >= 11 is 3.40. The maximum absolute atomic E-state index is 11.9. The third-order valence-electron chi connectivity index (χ3n) is 3.00. The van der Waals surface area contributed by atoms with Crippen LogP contribution < -0.4 is 5.32 Å². The fraction of sp³-hybridized carbons (Fsp3) is 0.385. The standard InChI is InChI=1S/C13H14BrNO4/c14-9-4-2-1-3-8(9)7-15-12(16)10-5-6-11(19-10)13(17)18/h1-4,10-11H,5-7H2,(H,15,16)(H,17,18)/t10-,11+/m0/s1. The molecule has 2 rings (SSSR count). The molecule has 0 saturated carbocycles. The van der Waals surface area contributed by atoms with Crippen LogP contribution in [0.5, 0.6) is 0 Å². The van der Waals surface area contributed by atoms with Crippen LogP contribution in [0.1, 0.15) is 18.4 Å². The highest BCUT2D eigenvalue weighted by atomic mass is 79.9. The smallest absolute Gasteiger partial charge is 0.332 e. The van der Waals surface area contributed by atoms with Gasteiger partial charge in [-0.25, -0.2) is 4.79 Å². The number of halogens is 1. The van der Waals surface area contributed by atoms with E-state index in [1.807, 2.05) is 24.3 Å². The van der Waals surface area contributed by atoms with Gasteiger partial charge >= 0.3 is 5.97 Å². The van der Waals surface area contributed by atoms with E-state index in [-0.39, 0.29) is 5.91 Å². The van der Waals surface area contributed by atoms with Gasteiger partial charge in [0.05, 0.1) is 0 Å². The van der Waals surface area contributed by atoms with Crippen molar-refractivity contribution >= 4 is 27.8 Å². The van der Waals surface area contributed by atoms with Gasteiger partial charge in [-0.2, -0.15) is 0 Å². The van der Waals surface area contributed by atoms with Gasteiger partial charge in [0.15, 0.2) is 6.10 Å². The number of benzene rings is 1. The zero-order valence-corrected chi connectivity index (χ0v) is 11.7. The Bertz CT molecular complexity index is 491. The van der Waals surface area contributed by atoms with E-state index < -0.39 is 18.2 Å². The molecule has 0 aromatic heterocycles. The first kappa shape index (κ1) is 14.0. The van der Waals surface area contributed by atoms with E-state index in [1.54, 1.807) is 0 Å². The molecule has 1 amide bonds. The molecule has 0 bridgehead atoms. The van der Waals surface area contributed by atoms with Crippen LogP contribution in [0.3, 0.4) is 0 Å².